The Morgan fingerprint density at radius 1 is 1.07 bits per heavy atom. The first-order chi connectivity index (χ1) is 12.1. The average Bonchev–Trinajstić information content (AvgIpc) is 2.52. The number of nitrogens with two attached hydrogens (primary N) is 1. The Labute approximate surface area is 181 Å². The molecule has 0 amide bonds. The first kappa shape index (κ1) is 26.8. The fourth-order valence-corrected chi connectivity index (χ4v) is 3.51. The smallest absolute Gasteiger partial charge is 0.209 e. The zero-order valence-corrected chi connectivity index (χ0v) is 19.5. The number of rotatable bonds is 7. The van der Waals surface area contributed by atoms with Crippen LogP contribution in [-0.2, 0) is 29.5 Å². The second-order valence-electron chi connectivity index (χ2n) is 7.24. The van der Waals surface area contributed by atoms with Crippen LogP contribution in [0.5, 0.6) is 0 Å². The molecule has 0 aliphatic heterocycles. The van der Waals surface area contributed by atoms with Crippen LogP contribution in [0.15, 0.2) is 24.3 Å². The average molecular weight is 448 g/mol. The minimum Gasteiger partial charge on any atom is -0.326 e. The Hall–Kier alpha value is -1.18. The molecule has 0 spiro atoms. The molecule has 8 heteroatoms. The van der Waals surface area contributed by atoms with Crippen molar-refractivity contribution in [1.82, 2.24) is 9.71 Å². The molecule has 5 nitrogen and oxygen atoms in total. The number of hydrogen-bond donors (Lipinski definition) is 2. The van der Waals surface area contributed by atoms with E-state index in [1.54, 1.807) is 0 Å². The van der Waals surface area contributed by atoms with E-state index in [1.165, 1.54) is 5.56 Å². The third-order valence-electron chi connectivity index (χ3n) is 4.35. The molecule has 2 aromatic rings. The van der Waals surface area contributed by atoms with Gasteiger partial charge in [0, 0.05) is 24.5 Å². The van der Waals surface area contributed by atoms with Crippen LogP contribution in [0, 0.1) is 19.8 Å². The van der Waals surface area contributed by atoms with Gasteiger partial charge in [-0.3, -0.25) is 4.98 Å². The normalized spacial score (nSPS) is 11.1. The van der Waals surface area contributed by atoms with Gasteiger partial charge in [0.05, 0.1) is 6.26 Å². The van der Waals surface area contributed by atoms with Crippen molar-refractivity contribution < 1.29 is 8.42 Å². The summed E-state index contributed by atoms with van der Waals surface area (Å²) in [6.07, 6.45) is 2.00. The molecule has 0 aliphatic rings. The summed E-state index contributed by atoms with van der Waals surface area (Å²) in [4.78, 5) is 4.77. The maximum Gasteiger partial charge on any atom is 0.209 e. The van der Waals surface area contributed by atoms with Crippen molar-refractivity contribution in [1.29, 1.82) is 0 Å². The third-order valence-corrected chi connectivity index (χ3v) is 5.02. The van der Waals surface area contributed by atoms with Crippen LogP contribution in [0.3, 0.4) is 0 Å². The lowest BCUT2D eigenvalue weighted by Gasteiger charge is -2.21. The molecule has 0 radical (unpaired) electrons. The first-order valence-corrected chi connectivity index (χ1v) is 10.7. The molecule has 0 saturated carbocycles. The maximum absolute atomic E-state index is 11.6. The van der Waals surface area contributed by atoms with Gasteiger partial charge in [0.15, 0.2) is 0 Å². The highest BCUT2D eigenvalue weighted by Crippen LogP contribution is 2.32. The van der Waals surface area contributed by atoms with Gasteiger partial charge < -0.3 is 5.73 Å². The molecule has 2 rings (SSSR count). The van der Waals surface area contributed by atoms with Crippen molar-refractivity contribution in [2.24, 2.45) is 11.7 Å². The molecule has 0 unspecified atom stereocenters. The monoisotopic (exact) mass is 447 g/mol. The lowest BCUT2D eigenvalue weighted by molar-refractivity contribution is 0.587. The van der Waals surface area contributed by atoms with Crippen LogP contribution in [0.1, 0.15) is 41.9 Å². The van der Waals surface area contributed by atoms with Crippen LogP contribution in [0.25, 0.3) is 11.1 Å². The molecule has 0 bridgehead atoms. The summed E-state index contributed by atoms with van der Waals surface area (Å²) in [5.41, 5.74) is 13.1. The fraction of sp³-hybridized carbons (Fsp3) is 0.450. The van der Waals surface area contributed by atoms with Crippen molar-refractivity contribution >= 4 is 34.8 Å². The number of nitrogens with zero attached hydrogens (tertiary/aromatic N) is 1. The molecule has 1 aromatic carbocycles. The lowest BCUT2D eigenvalue weighted by Crippen LogP contribution is -2.23. The summed E-state index contributed by atoms with van der Waals surface area (Å²) in [7, 11) is -3.30. The Morgan fingerprint density at radius 2 is 1.64 bits per heavy atom. The van der Waals surface area contributed by atoms with Crippen molar-refractivity contribution in [3.63, 3.8) is 0 Å². The molecular formula is C20H31Cl2N3O2S. The fourth-order valence-electron chi connectivity index (χ4n) is 3.11. The van der Waals surface area contributed by atoms with E-state index in [-0.39, 0.29) is 31.4 Å². The summed E-state index contributed by atoms with van der Waals surface area (Å²) in [5.74, 6) is 0.457. The zero-order chi connectivity index (χ0) is 19.5. The molecule has 3 N–H and O–H groups in total. The summed E-state index contributed by atoms with van der Waals surface area (Å²) in [6.45, 7) is 8.85. The van der Waals surface area contributed by atoms with Crippen molar-refractivity contribution in [3.8, 4) is 11.1 Å². The highest BCUT2D eigenvalue weighted by atomic mass is 35.5. The van der Waals surface area contributed by atoms with Crippen LogP contribution < -0.4 is 10.5 Å². The van der Waals surface area contributed by atoms with Gasteiger partial charge in [0.25, 0.3) is 0 Å². The Bertz CT molecular complexity index is 883. The van der Waals surface area contributed by atoms with E-state index in [0.29, 0.717) is 12.5 Å². The van der Waals surface area contributed by atoms with Gasteiger partial charge in [-0.15, -0.1) is 24.8 Å². The van der Waals surface area contributed by atoms with Crippen molar-refractivity contribution in [2.45, 2.75) is 47.2 Å². The number of benzene rings is 1. The van der Waals surface area contributed by atoms with Crippen LogP contribution in [0.2, 0.25) is 0 Å². The largest absolute Gasteiger partial charge is 0.326 e. The minimum absolute atomic E-state index is 0. The second kappa shape index (κ2) is 11.1. The van der Waals surface area contributed by atoms with Gasteiger partial charge >= 0.3 is 0 Å². The van der Waals surface area contributed by atoms with Crippen LogP contribution in [-0.4, -0.2) is 19.7 Å². The van der Waals surface area contributed by atoms with Gasteiger partial charge in [0.2, 0.25) is 10.0 Å². The zero-order valence-electron chi connectivity index (χ0n) is 17.1. The van der Waals surface area contributed by atoms with Gasteiger partial charge in [0.1, 0.15) is 0 Å². The molecule has 0 atom stereocenters. The van der Waals surface area contributed by atoms with Crippen LogP contribution >= 0.6 is 24.8 Å². The summed E-state index contributed by atoms with van der Waals surface area (Å²) >= 11 is 0. The number of aryl methyl sites for hydroxylation is 2. The molecule has 1 heterocycles. The Morgan fingerprint density at radius 3 is 2.11 bits per heavy atom. The van der Waals surface area contributed by atoms with Gasteiger partial charge in [-0.25, -0.2) is 13.1 Å². The van der Waals surface area contributed by atoms with Crippen molar-refractivity contribution in [2.75, 3.05) is 6.26 Å². The van der Waals surface area contributed by atoms with E-state index in [2.05, 4.69) is 42.8 Å². The van der Waals surface area contributed by atoms with E-state index in [9.17, 15) is 8.42 Å². The van der Waals surface area contributed by atoms with Crippen LogP contribution in [0.4, 0.5) is 0 Å². The second-order valence-corrected chi connectivity index (χ2v) is 9.07. The molecule has 0 aliphatic carbocycles. The first-order valence-electron chi connectivity index (χ1n) is 8.85. The van der Waals surface area contributed by atoms with Gasteiger partial charge in [-0.2, -0.15) is 0 Å². The molecule has 0 fully saturated rings. The van der Waals surface area contributed by atoms with E-state index in [1.807, 2.05) is 13.8 Å². The third kappa shape index (κ3) is 7.01. The summed E-state index contributed by atoms with van der Waals surface area (Å²) < 4.78 is 25.8. The lowest BCUT2D eigenvalue weighted by atomic mass is 9.90. The van der Waals surface area contributed by atoms with E-state index in [0.717, 1.165) is 46.3 Å². The standard InChI is InChI=1S/C20H29N3O2S.2ClH/c1-13(2)10-19-17(11-21)20(16-8-6-14(3)7-9-16)18(15(4)23-19)12-22-26(5,24)25;;/h6-9,13,22H,10-12,21H2,1-5H3;2*1H. The predicted octanol–water partition coefficient (Wildman–Crippen LogP) is 3.92. The summed E-state index contributed by atoms with van der Waals surface area (Å²) in [6, 6.07) is 8.24. The SMILES string of the molecule is Cc1ccc(-c2c(CNS(C)(=O)=O)c(C)nc(CC(C)C)c2CN)cc1.Cl.Cl. The number of pyridine rings is 1. The molecule has 28 heavy (non-hydrogen) atoms. The molecule has 158 valence electrons. The minimum atomic E-state index is -3.30. The van der Waals surface area contributed by atoms with Gasteiger partial charge in [-0.05, 0) is 48.4 Å². The van der Waals surface area contributed by atoms with Crippen molar-refractivity contribution in [3.05, 3.63) is 52.3 Å². The molecule has 0 saturated heterocycles. The highest BCUT2D eigenvalue weighted by molar-refractivity contribution is 7.88. The Kier molecular flexibility index (Phi) is 10.7. The van der Waals surface area contributed by atoms with E-state index >= 15 is 0 Å². The quantitative estimate of drug-likeness (QED) is 0.673. The number of sulfonamides is 1. The summed E-state index contributed by atoms with van der Waals surface area (Å²) in [5, 5.41) is 0. The number of aromatic nitrogens is 1. The van der Waals surface area contributed by atoms with E-state index < -0.39 is 10.0 Å². The number of nitrogens with one attached hydrogen (secondary N) is 1. The number of halogens is 2. The van der Waals surface area contributed by atoms with E-state index in [4.69, 9.17) is 10.7 Å². The maximum atomic E-state index is 11.6. The number of hydrogen-bond acceptors (Lipinski definition) is 4. The van der Waals surface area contributed by atoms with Gasteiger partial charge in [-0.1, -0.05) is 43.7 Å². The predicted molar refractivity (Wildman–Crippen MR) is 122 cm³/mol. The molecular weight excluding hydrogens is 417 g/mol. The Balaban J connectivity index is 0.00000364. The topological polar surface area (TPSA) is 85.1 Å². The molecule has 1 aromatic heterocycles. The highest BCUT2D eigenvalue weighted by Gasteiger charge is 2.19.